The second kappa shape index (κ2) is 14.3. The van der Waals surface area contributed by atoms with Crippen LogP contribution in [0.2, 0.25) is 0 Å². The zero-order chi connectivity index (χ0) is 41.1. The summed E-state index contributed by atoms with van der Waals surface area (Å²) in [6.45, 7) is 5.47. The Bertz CT molecular complexity index is 3020. The van der Waals surface area contributed by atoms with Crippen molar-refractivity contribution in [1.29, 1.82) is 0 Å². The van der Waals surface area contributed by atoms with E-state index in [-0.39, 0.29) is 51.2 Å². The molecule has 7 aromatic carbocycles. The molecular formula is C49H34N2O8. The number of aryl methyl sites for hydroxylation is 2. The molecule has 0 unspecified atom stereocenters. The van der Waals surface area contributed by atoms with Crippen molar-refractivity contribution in [3.05, 3.63) is 177 Å². The third-order valence-electron chi connectivity index (χ3n) is 10.9. The van der Waals surface area contributed by atoms with Gasteiger partial charge in [0.1, 0.15) is 11.5 Å². The first-order valence-corrected chi connectivity index (χ1v) is 19.2. The maximum absolute atomic E-state index is 14.3. The van der Waals surface area contributed by atoms with Crippen LogP contribution in [0.4, 0.5) is 11.4 Å². The van der Waals surface area contributed by atoms with Crippen molar-refractivity contribution >= 4 is 68.5 Å². The normalized spacial score (nSPS) is 13.3. The smallest absolute Gasteiger partial charge is 0.343 e. The monoisotopic (exact) mass is 778 g/mol. The van der Waals surface area contributed by atoms with Gasteiger partial charge in [0.2, 0.25) is 0 Å². The number of anilines is 2. The summed E-state index contributed by atoms with van der Waals surface area (Å²) >= 11 is 0. The summed E-state index contributed by atoms with van der Waals surface area (Å²) in [6, 6.07) is 36.1. The van der Waals surface area contributed by atoms with E-state index in [0.29, 0.717) is 34.6 Å². The summed E-state index contributed by atoms with van der Waals surface area (Å²) in [5, 5.41) is 3.75. The quantitative estimate of drug-likeness (QED) is 0.0849. The van der Waals surface area contributed by atoms with E-state index in [9.17, 15) is 28.8 Å². The Morgan fingerprint density at radius 3 is 1.37 bits per heavy atom. The Morgan fingerprint density at radius 2 is 0.915 bits per heavy atom. The summed E-state index contributed by atoms with van der Waals surface area (Å²) in [4.78, 5) is 85.6. The highest BCUT2D eigenvalue weighted by atomic mass is 16.5. The molecule has 2 aliphatic rings. The number of imide groups is 2. The van der Waals surface area contributed by atoms with Crippen molar-refractivity contribution in [2.75, 3.05) is 9.80 Å². The molecule has 0 radical (unpaired) electrons. The molecule has 0 saturated heterocycles. The lowest BCUT2D eigenvalue weighted by Gasteiger charge is -2.28. The fourth-order valence-electron chi connectivity index (χ4n) is 8.07. The number of amides is 4. The Balaban J connectivity index is 1.02. The predicted octanol–water partition coefficient (Wildman–Crippen LogP) is 9.47. The minimum Gasteiger partial charge on any atom is -0.423 e. The number of hydrogen-bond acceptors (Lipinski definition) is 8. The van der Waals surface area contributed by atoms with Gasteiger partial charge in [0.15, 0.2) is 0 Å². The second-order valence-corrected chi connectivity index (χ2v) is 14.4. The molecule has 4 amide bonds. The molecule has 288 valence electrons. The standard InChI is InChI=1S/C49H34N2O8/c1-4-28-22-27(3)42(50-44(52)38-20-16-33(25-40(38)46(50)54)48(56)58-35-18-14-29-10-6-8-12-31(29)23-35)37(5-2)43(28)51-45(53)39-21-17-34(26-41(39)47(51)55)49(57)59-36-19-15-30-11-7-9-13-32(30)24-36/h6-26H,4-5H2,1-3H3. The third kappa shape index (κ3) is 6.13. The molecule has 2 aliphatic heterocycles. The minimum atomic E-state index is -0.697. The molecule has 10 heteroatoms. The number of hydrogen-bond donors (Lipinski definition) is 0. The van der Waals surface area contributed by atoms with Crippen LogP contribution in [-0.4, -0.2) is 35.6 Å². The topological polar surface area (TPSA) is 127 Å². The molecule has 59 heavy (non-hydrogen) atoms. The zero-order valence-corrected chi connectivity index (χ0v) is 32.2. The van der Waals surface area contributed by atoms with Crippen LogP contribution in [0, 0.1) is 6.92 Å². The molecule has 9 rings (SSSR count). The van der Waals surface area contributed by atoms with Gasteiger partial charge in [0.25, 0.3) is 23.6 Å². The van der Waals surface area contributed by atoms with Gasteiger partial charge in [0, 0.05) is 5.56 Å². The third-order valence-corrected chi connectivity index (χ3v) is 10.9. The van der Waals surface area contributed by atoms with Crippen molar-refractivity contribution in [2.45, 2.75) is 33.6 Å². The van der Waals surface area contributed by atoms with E-state index in [1.54, 1.807) is 37.3 Å². The number of esters is 2. The van der Waals surface area contributed by atoms with Gasteiger partial charge in [-0.3, -0.25) is 19.2 Å². The fourth-order valence-corrected chi connectivity index (χ4v) is 8.07. The molecule has 0 spiro atoms. The van der Waals surface area contributed by atoms with Crippen LogP contribution in [-0.2, 0) is 12.8 Å². The van der Waals surface area contributed by atoms with Crippen molar-refractivity contribution in [3.63, 3.8) is 0 Å². The zero-order valence-electron chi connectivity index (χ0n) is 32.2. The van der Waals surface area contributed by atoms with E-state index in [4.69, 9.17) is 9.47 Å². The second-order valence-electron chi connectivity index (χ2n) is 14.4. The number of rotatable bonds is 8. The van der Waals surface area contributed by atoms with Gasteiger partial charge < -0.3 is 9.47 Å². The molecule has 7 aromatic rings. The fraction of sp³-hybridized carbons (Fsp3) is 0.102. The van der Waals surface area contributed by atoms with Gasteiger partial charge in [-0.25, -0.2) is 19.4 Å². The first kappa shape index (κ1) is 36.9. The Hall–Kier alpha value is -7.72. The Morgan fingerprint density at radius 1 is 0.475 bits per heavy atom. The van der Waals surface area contributed by atoms with E-state index >= 15 is 0 Å². The van der Waals surface area contributed by atoms with Gasteiger partial charge in [-0.15, -0.1) is 0 Å². The number of carbonyl (C=O) groups is 6. The van der Waals surface area contributed by atoms with Gasteiger partial charge in [-0.2, -0.15) is 0 Å². The molecule has 10 nitrogen and oxygen atoms in total. The molecule has 0 aromatic heterocycles. The molecule has 0 N–H and O–H groups in total. The van der Waals surface area contributed by atoms with Crippen molar-refractivity contribution in [1.82, 2.24) is 0 Å². The van der Waals surface area contributed by atoms with Gasteiger partial charge in [-0.1, -0.05) is 80.6 Å². The Kier molecular flexibility index (Phi) is 8.97. The van der Waals surface area contributed by atoms with Crippen LogP contribution in [0.1, 0.15) is 92.7 Å². The lowest BCUT2D eigenvalue weighted by molar-refractivity contribution is 0.0725. The average Bonchev–Trinajstić information content (AvgIpc) is 3.65. The Labute approximate surface area is 338 Å². The largest absolute Gasteiger partial charge is 0.423 e. The van der Waals surface area contributed by atoms with Crippen LogP contribution in [0.25, 0.3) is 21.5 Å². The van der Waals surface area contributed by atoms with Crippen molar-refractivity contribution in [2.24, 2.45) is 0 Å². The maximum Gasteiger partial charge on any atom is 0.343 e. The molecule has 0 saturated carbocycles. The van der Waals surface area contributed by atoms with Gasteiger partial charge >= 0.3 is 11.9 Å². The molecular weight excluding hydrogens is 745 g/mol. The first-order valence-electron chi connectivity index (χ1n) is 19.2. The van der Waals surface area contributed by atoms with Gasteiger partial charge in [0.05, 0.1) is 44.8 Å². The highest BCUT2D eigenvalue weighted by Gasteiger charge is 2.43. The van der Waals surface area contributed by atoms with E-state index in [0.717, 1.165) is 31.3 Å². The van der Waals surface area contributed by atoms with Crippen LogP contribution < -0.4 is 19.3 Å². The number of ether oxygens (including phenoxy) is 2. The molecule has 0 atom stereocenters. The lowest BCUT2D eigenvalue weighted by Crippen LogP contribution is -2.35. The molecule has 0 bridgehead atoms. The highest BCUT2D eigenvalue weighted by molar-refractivity contribution is 6.37. The first-order chi connectivity index (χ1) is 28.6. The molecule has 2 heterocycles. The van der Waals surface area contributed by atoms with E-state index in [2.05, 4.69) is 0 Å². The maximum atomic E-state index is 14.3. The van der Waals surface area contributed by atoms with Crippen LogP contribution in [0.5, 0.6) is 11.5 Å². The van der Waals surface area contributed by atoms with Gasteiger partial charge in [-0.05, 0) is 113 Å². The van der Waals surface area contributed by atoms with E-state index in [1.165, 1.54) is 36.4 Å². The number of fused-ring (bicyclic) bond motifs is 4. The summed E-state index contributed by atoms with van der Waals surface area (Å²) in [6.07, 6.45) is 0.664. The number of carbonyl (C=O) groups excluding carboxylic acids is 6. The van der Waals surface area contributed by atoms with Crippen LogP contribution in [0.15, 0.2) is 127 Å². The summed E-state index contributed by atoms with van der Waals surface area (Å²) in [5.74, 6) is -3.25. The average molecular weight is 779 g/mol. The summed E-state index contributed by atoms with van der Waals surface area (Å²) in [5.41, 5.74) is 2.64. The van der Waals surface area contributed by atoms with Crippen molar-refractivity contribution < 1.29 is 38.2 Å². The predicted molar refractivity (Wildman–Crippen MR) is 223 cm³/mol. The van der Waals surface area contributed by atoms with E-state index < -0.39 is 35.6 Å². The minimum absolute atomic E-state index is 0.0226. The molecule has 0 aliphatic carbocycles. The highest BCUT2D eigenvalue weighted by Crippen LogP contribution is 2.43. The summed E-state index contributed by atoms with van der Waals surface area (Å²) < 4.78 is 11.3. The molecule has 0 fully saturated rings. The van der Waals surface area contributed by atoms with Crippen molar-refractivity contribution in [3.8, 4) is 11.5 Å². The van der Waals surface area contributed by atoms with E-state index in [1.807, 2.05) is 74.5 Å². The van der Waals surface area contributed by atoms with Crippen LogP contribution >= 0.6 is 0 Å². The lowest BCUT2D eigenvalue weighted by atomic mass is 9.95. The summed E-state index contributed by atoms with van der Waals surface area (Å²) in [7, 11) is 0. The number of benzene rings is 7. The SMILES string of the molecule is CCc1cc(C)c(N2C(=O)c3ccc(C(=O)Oc4ccc5ccccc5c4)cc3C2=O)c(CC)c1N1C(=O)c2ccc(C(=O)Oc3ccc4ccccc4c3)cc2C1=O. The van der Waals surface area contributed by atoms with Crippen LogP contribution in [0.3, 0.4) is 0 Å². The number of nitrogens with zero attached hydrogens (tertiary/aromatic N) is 2.